The summed E-state index contributed by atoms with van der Waals surface area (Å²) in [4.78, 5) is 30.1. The van der Waals surface area contributed by atoms with Gasteiger partial charge in [0.25, 0.3) is 0 Å². The van der Waals surface area contributed by atoms with E-state index in [4.69, 9.17) is 14.3 Å². The number of carbonyl (C=O) groups is 2. The minimum atomic E-state index is -1.01. The third-order valence-corrected chi connectivity index (χ3v) is 4.12. The van der Waals surface area contributed by atoms with Crippen molar-refractivity contribution in [2.45, 2.75) is 65.7 Å². The summed E-state index contributed by atoms with van der Waals surface area (Å²) < 4.78 is 24.1. The van der Waals surface area contributed by atoms with Crippen molar-refractivity contribution in [3.05, 3.63) is 66.0 Å². The van der Waals surface area contributed by atoms with Gasteiger partial charge in [-0.05, 0) is 83.4 Å². The lowest BCUT2D eigenvalue weighted by Gasteiger charge is -2.29. The van der Waals surface area contributed by atoms with Crippen molar-refractivity contribution in [2.75, 3.05) is 0 Å². The second kappa shape index (κ2) is 10.5. The Morgan fingerprint density at radius 1 is 0.909 bits per heavy atom. The maximum Gasteiger partial charge on any atom is 0.534 e. The van der Waals surface area contributed by atoms with Gasteiger partial charge in [0.15, 0.2) is 0 Å². The highest BCUT2D eigenvalue weighted by molar-refractivity contribution is 5.71. The summed E-state index contributed by atoms with van der Waals surface area (Å²) in [6, 6.07) is 13.2. The van der Waals surface area contributed by atoms with Gasteiger partial charge in [-0.3, -0.25) is 4.84 Å². The molecule has 178 valence electrons. The van der Waals surface area contributed by atoms with E-state index in [0.29, 0.717) is 0 Å². The van der Waals surface area contributed by atoms with Gasteiger partial charge in [0.1, 0.15) is 17.0 Å². The van der Waals surface area contributed by atoms with E-state index in [1.165, 1.54) is 12.1 Å². The Labute approximate surface area is 194 Å². The molecule has 1 atom stereocenters. The summed E-state index contributed by atoms with van der Waals surface area (Å²) in [5.41, 5.74) is 0.855. The van der Waals surface area contributed by atoms with Crippen molar-refractivity contribution in [2.24, 2.45) is 0 Å². The molecule has 7 heteroatoms. The quantitative estimate of drug-likeness (QED) is 0.365. The lowest BCUT2D eigenvalue weighted by atomic mass is 10.0. The highest BCUT2D eigenvalue weighted by Crippen LogP contribution is 2.22. The number of benzene rings is 2. The van der Waals surface area contributed by atoms with E-state index in [1.54, 1.807) is 66.7 Å². The van der Waals surface area contributed by atoms with E-state index in [-0.39, 0.29) is 5.82 Å². The van der Waals surface area contributed by atoms with Gasteiger partial charge in [-0.25, -0.2) is 14.0 Å². The molecule has 1 amide bonds. The molecule has 0 fully saturated rings. The van der Waals surface area contributed by atoms with Gasteiger partial charge in [0.05, 0.1) is 6.04 Å². The minimum absolute atomic E-state index is 0.311. The zero-order valence-electron chi connectivity index (χ0n) is 20.2. The smallest absolute Gasteiger partial charge is 0.442 e. The van der Waals surface area contributed by atoms with Crippen LogP contribution in [-0.2, 0) is 14.3 Å². The minimum Gasteiger partial charge on any atom is -0.442 e. The van der Waals surface area contributed by atoms with E-state index < -0.39 is 29.5 Å². The monoisotopic (exact) mass is 457 g/mol. The van der Waals surface area contributed by atoms with Crippen LogP contribution >= 0.6 is 0 Å². The Bertz CT molecular complexity index is 1000. The Balaban J connectivity index is 2.23. The zero-order chi connectivity index (χ0) is 24.8. The molecule has 0 aliphatic heterocycles. The maximum absolute atomic E-state index is 13.6. The van der Waals surface area contributed by atoms with E-state index in [0.717, 1.165) is 21.8 Å². The number of ether oxygens (including phenoxy) is 2. The molecule has 2 aromatic rings. The molecule has 0 aromatic heterocycles. The van der Waals surface area contributed by atoms with Crippen molar-refractivity contribution < 1.29 is 28.3 Å². The molecular weight excluding hydrogens is 425 g/mol. The van der Waals surface area contributed by atoms with Crippen molar-refractivity contribution in [3.8, 4) is 11.1 Å². The molecule has 0 bridgehead atoms. The number of hydroxylamine groups is 2. The molecule has 2 rings (SSSR count). The molecule has 0 spiro atoms. The first kappa shape index (κ1) is 25.9. The lowest BCUT2D eigenvalue weighted by Crippen LogP contribution is -2.43. The SMILES string of the molecule is C[C@@H](/C=C/c1cccc(-c2cccc(F)c2)c1)N(OC(=O)OC(C)(C)C)C(=O)OC(C)(C)C. The Hall–Kier alpha value is -3.35. The molecule has 0 aliphatic carbocycles. The van der Waals surface area contributed by atoms with Crippen LogP contribution in [0.15, 0.2) is 54.6 Å². The second-order valence-corrected chi connectivity index (χ2v) is 9.60. The van der Waals surface area contributed by atoms with Crippen LogP contribution in [0, 0.1) is 5.82 Å². The first-order valence-electron chi connectivity index (χ1n) is 10.7. The van der Waals surface area contributed by atoms with Gasteiger partial charge >= 0.3 is 12.2 Å². The van der Waals surface area contributed by atoms with Crippen LogP contribution in [0.3, 0.4) is 0 Å². The normalized spacial score (nSPS) is 12.8. The number of nitrogens with zero attached hydrogens (tertiary/aromatic N) is 1. The van der Waals surface area contributed by atoms with Gasteiger partial charge in [-0.15, -0.1) is 5.06 Å². The molecule has 33 heavy (non-hydrogen) atoms. The predicted octanol–water partition coefficient (Wildman–Crippen LogP) is 7.00. The number of rotatable bonds is 4. The Morgan fingerprint density at radius 3 is 2.06 bits per heavy atom. The Morgan fingerprint density at radius 2 is 1.48 bits per heavy atom. The standard InChI is InChI=1S/C26H32FNO5/c1-18(28(23(29)31-25(2,3)4)33-24(30)32-26(5,6)7)14-15-19-10-8-11-20(16-19)21-12-9-13-22(27)17-21/h8-18H,1-7H3/b15-14+/t18-/m0/s1. The predicted molar refractivity (Wildman–Crippen MR) is 126 cm³/mol. The summed E-state index contributed by atoms with van der Waals surface area (Å²) in [6.45, 7) is 11.9. The van der Waals surface area contributed by atoms with Crippen LogP contribution < -0.4 is 0 Å². The van der Waals surface area contributed by atoms with Crippen molar-refractivity contribution in [1.29, 1.82) is 0 Å². The average Bonchev–Trinajstić information content (AvgIpc) is 2.68. The van der Waals surface area contributed by atoms with Crippen LogP contribution in [0.1, 0.15) is 54.0 Å². The van der Waals surface area contributed by atoms with Crippen LogP contribution in [0.25, 0.3) is 17.2 Å². The van der Waals surface area contributed by atoms with Crippen LogP contribution in [0.2, 0.25) is 0 Å². The molecule has 0 radical (unpaired) electrons. The number of halogens is 1. The van der Waals surface area contributed by atoms with Crippen molar-refractivity contribution >= 4 is 18.3 Å². The summed E-state index contributed by atoms with van der Waals surface area (Å²) in [5.74, 6) is -0.311. The Kier molecular flexibility index (Phi) is 8.25. The molecule has 6 nitrogen and oxygen atoms in total. The van der Waals surface area contributed by atoms with Crippen molar-refractivity contribution in [3.63, 3.8) is 0 Å². The fraction of sp³-hybridized carbons (Fsp3) is 0.385. The third kappa shape index (κ3) is 8.96. The van der Waals surface area contributed by atoms with E-state index in [1.807, 2.05) is 30.3 Å². The molecule has 0 heterocycles. The summed E-state index contributed by atoms with van der Waals surface area (Å²) in [5, 5.41) is 0.840. The zero-order valence-corrected chi connectivity index (χ0v) is 20.2. The first-order valence-corrected chi connectivity index (χ1v) is 10.7. The number of carbonyl (C=O) groups excluding carboxylic acids is 2. The third-order valence-electron chi connectivity index (χ3n) is 4.12. The topological polar surface area (TPSA) is 65.1 Å². The first-order chi connectivity index (χ1) is 15.2. The number of hydrogen-bond donors (Lipinski definition) is 0. The van der Waals surface area contributed by atoms with Crippen LogP contribution in [0.5, 0.6) is 0 Å². The molecule has 0 aliphatic rings. The van der Waals surface area contributed by atoms with E-state index >= 15 is 0 Å². The van der Waals surface area contributed by atoms with Crippen molar-refractivity contribution in [1.82, 2.24) is 5.06 Å². The molecule has 0 saturated carbocycles. The summed E-state index contributed by atoms with van der Waals surface area (Å²) in [7, 11) is 0. The summed E-state index contributed by atoms with van der Waals surface area (Å²) >= 11 is 0. The van der Waals surface area contributed by atoms with E-state index in [2.05, 4.69) is 0 Å². The van der Waals surface area contributed by atoms with Gasteiger partial charge in [-0.2, -0.15) is 0 Å². The van der Waals surface area contributed by atoms with Gasteiger partial charge in [0, 0.05) is 0 Å². The number of hydrogen-bond acceptors (Lipinski definition) is 5. The second-order valence-electron chi connectivity index (χ2n) is 9.60. The van der Waals surface area contributed by atoms with Gasteiger partial charge in [0.2, 0.25) is 0 Å². The van der Waals surface area contributed by atoms with Crippen LogP contribution in [0.4, 0.5) is 14.0 Å². The van der Waals surface area contributed by atoms with Gasteiger partial charge < -0.3 is 9.47 Å². The lowest BCUT2D eigenvalue weighted by molar-refractivity contribution is -0.145. The molecule has 2 aromatic carbocycles. The molecular formula is C26H32FNO5. The summed E-state index contributed by atoms with van der Waals surface area (Å²) in [6.07, 6.45) is 1.64. The highest BCUT2D eigenvalue weighted by atomic mass is 19.1. The average molecular weight is 458 g/mol. The van der Waals surface area contributed by atoms with Gasteiger partial charge in [-0.1, -0.05) is 42.5 Å². The maximum atomic E-state index is 13.6. The largest absolute Gasteiger partial charge is 0.534 e. The molecule has 0 unspecified atom stereocenters. The van der Waals surface area contributed by atoms with E-state index in [9.17, 15) is 14.0 Å². The molecule has 0 saturated heterocycles. The molecule has 0 N–H and O–H groups in total. The van der Waals surface area contributed by atoms with Crippen LogP contribution in [-0.4, -0.2) is 34.6 Å². The number of amides is 1. The fourth-order valence-corrected chi connectivity index (χ4v) is 2.76. The highest BCUT2D eigenvalue weighted by Gasteiger charge is 2.30. The fourth-order valence-electron chi connectivity index (χ4n) is 2.76.